The summed E-state index contributed by atoms with van der Waals surface area (Å²) >= 11 is 3.37. The highest BCUT2D eigenvalue weighted by atomic mass is 79.9. The summed E-state index contributed by atoms with van der Waals surface area (Å²) < 4.78 is 6.30. The molecule has 1 aromatic carbocycles. The van der Waals surface area contributed by atoms with E-state index in [4.69, 9.17) is 10.6 Å². The Balaban J connectivity index is 2.21. The van der Waals surface area contributed by atoms with Gasteiger partial charge < -0.3 is 4.74 Å². The Labute approximate surface area is 121 Å². The Morgan fingerprint density at radius 3 is 2.74 bits per heavy atom. The van der Waals surface area contributed by atoms with E-state index in [1.54, 1.807) is 13.3 Å². The highest BCUT2D eigenvalue weighted by Crippen LogP contribution is 2.24. The first-order valence-corrected chi connectivity index (χ1v) is 6.73. The second kappa shape index (κ2) is 6.65. The van der Waals surface area contributed by atoms with Crippen molar-refractivity contribution in [2.75, 3.05) is 7.11 Å². The number of hydrogen-bond donors (Lipinski definition) is 2. The first kappa shape index (κ1) is 14.0. The van der Waals surface area contributed by atoms with Gasteiger partial charge >= 0.3 is 0 Å². The molecule has 19 heavy (non-hydrogen) atoms. The molecular formula is C14H16BrN3O. The van der Waals surface area contributed by atoms with Crippen LogP contribution in [-0.4, -0.2) is 12.1 Å². The molecule has 0 fully saturated rings. The number of pyridine rings is 1. The van der Waals surface area contributed by atoms with E-state index in [0.29, 0.717) is 0 Å². The Hall–Kier alpha value is -1.43. The molecule has 4 nitrogen and oxygen atoms in total. The molecule has 0 aliphatic heterocycles. The van der Waals surface area contributed by atoms with Gasteiger partial charge in [-0.1, -0.05) is 18.2 Å². The van der Waals surface area contributed by atoms with Gasteiger partial charge in [0, 0.05) is 10.7 Å². The Morgan fingerprint density at radius 2 is 2.11 bits per heavy atom. The normalized spacial score (nSPS) is 12.2. The van der Waals surface area contributed by atoms with Crippen molar-refractivity contribution in [3.05, 3.63) is 58.3 Å². The van der Waals surface area contributed by atoms with Crippen LogP contribution >= 0.6 is 15.9 Å². The maximum Gasteiger partial charge on any atom is 0.122 e. The number of nitrogens with two attached hydrogens (primary N) is 1. The summed E-state index contributed by atoms with van der Waals surface area (Å²) in [6.45, 7) is 0. The lowest BCUT2D eigenvalue weighted by Gasteiger charge is -2.17. The number of hydrogen-bond acceptors (Lipinski definition) is 4. The van der Waals surface area contributed by atoms with Gasteiger partial charge in [-0.15, -0.1) is 0 Å². The van der Waals surface area contributed by atoms with Crippen molar-refractivity contribution in [2.24, 2.45) is 5.84 Å². The van der Waals surface area contributed by atoms with E-state index in [1.807, 2.05) is 36.4 Å². The van der Waals surface area contributed by atoms with Crippen LogP contribution < -0.4 is 16.0 Å². The minimum atomic E-state index is -0.0515. The molecule has 1 heterocycles. The zero-order chi connectivity index (χ0) is 13.7. The van der Waals surface area contributed by atoms with E-state index in [2.05, 4.69) is 26.3 Å². The van der Waals surface area contributed by atoms with Crippen molar-refractivity contribution in [1.82, 2.24) is 10.4 Å². The van der Waals surface area contributed by atoms with Gasteiger partial charge in [0.2, 0.25) is 0 Å². The average Bonchev–Trinajstić information content (AvgIpc) is 2.46. The molecule has 0 radical (unpaired) electrons. The molecular weight excluding hydrogens is 306 g/mol. The van der Waals surface area contributed by atoms with Crippen LogP contribution in [0.2, 0.25) is 0 Å². The summed E-state index contributed by atoms with van der Waals surface area (Å²) in [4.78, 5) is 4.37. The van der Waals surface area contributed by atoms with Crippen LogP contribution in [0.4, 0.5) is 0 Å². The van der Waals surface area contributed by atoms with Crippen LogP contribution in [0.25, 0.3) is 0 Å². The molecule has 100 valence electrons. The van der Waals surface area contributed by atoms with Crippen molar-refractivity contribution >= 4 is 15.9 Å². The van der Waals surface area contributed by atoms with Gasteiger partial charge in [-0.25, -0.2) is 0 Å². The molecule has 2 aromatic rings. The van der Waals surface area contributed by atoms with Crippen molar-refractivity contribution in [2.45, 2.75) is 12.5 Å². The SMILES string of the molecule is COc1ccccc1CC(NN)c1ccc(Br)cn1. The largest absolute Gasteiger partial charge is 0.496 e. The number of aromatic nitrogens is 1. The number of halogens is 1. The third-order valence-corrected chi connectivity index (χ3v) is 3.39. The van der Waals surface area contributed by atoms with Crippen molar-refractivity contribution in [3.63, 3.8) is 0 Å². The Bertz CT molecular complexity index is 530. The molecule has 1 atom stereocenters. The number of ether oxygens (including phenoxy) is 1. The van der Waals surface area contributed by atoms with Gasteiger partial charge in [-0.05, 0) is 46.1 Å². The summed E-state index contributed by atoms with van der Waals surface area (Å²) in [6, 6.07) is 11.8. The molecule has 2 rings (SSSR count). The molecule has 0 spiro atoms. The first-order valence-electron chi connectivity index (χ1n) is 5.94. The molecule has 1 aromatic heterocycles. The lowest BCUT2D eigenvalue weighted by Crippen LogP contribution is -2.30. The number of rotatable bonds is 5. The summed E-state index contributed by atoms with van der Waals surface area (Å²) in [5.41, 5.74) is 4.80. The lowest BCUT2D eigenvalue weighted by molar-refractivity contribution is 0.405. The Kier molecular flexibility index (Phi) is 4.90. The van der Waals surface area contributed by atoms with E-state index in [0.717, 1.165) is 27.9 Å². The monoisotopic (exact) mass is 321 g/mol. The van der Waals surface area contributed by atoms with Gasteiger partial charge in [0.15, 0.2) is 0 Å². The second-order valence-corrected chi connectivity index (χ2v) is 5.05. The summed E-state index contributed by atoms with van der Waals surface area (Å²) in [6.07, 6.45) is 2.48. The third-order valence-electron chi connectivity index (χ3n) is 2.93. The first-order chi connectivity index (χ1) is 9.24. The van der Waals surface area contributed by atoms with Crippen LogP contribution in [0.5, 0.6) is 5.75 Å². The smallest absolute Gasteiger partial charge is 0.122 e. The highest BCUT2D eigenvalue weighted by Gasteiger charge is 2.14. The summed E-state index contributed by atoms with van der Waals surface area (Å²) in [7, 11) is 1.67. The fourth-order valence-corrected chi connectivity index (χ4v) is 2.17. The predicted molar refractivity (Wildman–Crippen MR) is 78.7 cm³/mol. The molecule has 0 saturated carbocycles. The van der Waals surface area contributed by atoms with Gasteiger partial charge in [-0.3, -0.25) is 16.3 Å². The maximum absolute atomic E-state index is 5.64. The average molecular weight is 322 g/mol. The summed E-state index contributed by atoms with van der Waals surface area (Å²) in [5, 5.41) is 0. The van der Waals surface area contributed by atoms with Crippen LogP contribution in [-0.2, 0) is 6.42 Å². The number of methoxy groups -OCH3 is 1. The van der Waals surface area contributed by atoms with Crippen molar-refractivity contribution < 1.29 is 4.74 Å². The molecule has 0 aliphatic rings. The fourth-order valence-electron chi connectivity index (χ4n) is 1.93. The minimum absolute atomic E-state index is 0.0515. The number of hydrazine groups is 1. The fraction of sp³-hybridized carbons (Fsp3) is 0.214. The number of benzene rings is 1. The second-order valence-electron chi connectivity index (χ2n) is 4.14. The quantitative estimate of drug-likeness (QED) is 0.656. The topological polar surface area (TPSA) is 60.2 Å². The minimum Gasteiger partial charge on any atom is -0.496 e. The molecule has 3 N–H and O–H groups in total. The van der Waals surface area contributed by atoms with Gasteiger partial charge in [-0.2, -0.15) is 0 Å². The maximum atomic E-state index is 5.64. The van der Waals surface area contributed by atoms with Gasteiger partial charge in [0.05, 0.1) is 18.8 Å². The van der Waals surface area contributed by atoms with Crippen LogP contribution in [0.3, 0.4) is 0 Å². The molecule has 5 heteroatoms. The molecule has 0 amide bonds. The van der Waals surface area contributed by atoms with Gasteiger partial charge in [0.25, 0.3) is 0 Å². The third kappa shape index (κ3) is 3.53. The zero-order valence-corrected chi connectivity index (χ0v) is 12.2. The predicted octanol–water partition coefficient (Wildman–Crippen LogP) is 2.60. The van der Waals surface area contributed by atoms with E-state index < -0.39 is 0 Å². The van der Waals surface area contributed by atoms with E-state index in [1.165, 1.54) is 0 Å². The van der Waals surface area contributed by atoms with E-state index >= 15 is 0 Å². The molecule has 0 bridgehead atoms. The summed E-state index contributed by atoms with van der Waals surface area (Å²) in [5.74, 6) is 6.50. The molecule has 0 aliphatic carbocycles. The number of nitrogens with zero attached hydrogens (tertiary/aromatic N) is 1. The number of nitrogens with one attached hydrogen (secondary N) is 1. The Morgan fingerprint density at radius 1 is 1.32 bits per heavy atom. The van der Waals surface area contributed by atoms with Crippen LogP contribution in [0.15, 0.2) is 47.1 Å². The van der Waals surface area contributed by atoms with Crippen LogP contribution in [0.1, 0.15) is 17.3 Å². The number of para-hydroxylation sites is 1. The van der Waals surface area contributed by atoms with Crippen molar-refractivity contribution in [3.8, 4) is 5.75 Å². The van der Waals surface area contributed by atoms with Crippen LogP contribution in [0, 0.1) is 0 Å². The molecule has 0 saturated heterocycles. The zero-order valence-electron chi connectivity index (χ0n) is 10.6. The highest BCUT2D eigenvalue weighted by molar-refractivity contribution is 9.10. The van der Waals surface area contributed by atoms with Gasteiger partial charge in [0.1, 0.15) is 5.75 Å². The standard InChI is InChI=1S/C14H16BrN3O/c1-19-14-5-3-2-4-10(14)8-13(18-16)12-7-6-11(15)9-17-12/h2-7,9,13,18H,8,16H2,1H3. The van der Waals surface area contributed by atoms with E-state index in [-0.39, 0.29) is 6.04 Å². The molecule has 1 unspecified atom stereocenters. The van der Waals surface area contributed by atoms with Crippen molar-refractivity contribution in [1.29, 1.82) is 0 Å². The lowest BCUT2D eigenvalue weighted by atomic mass is 10.0. The van der Waals surface area contributed by atoms with E-state index in [9.17, 15) is 0 Å².